The SMILES string of the molecule is C=C1C[C@@H]2CC[C@@]34C[C@H]5O[C@H]6[C@@H](O3)[C@H]3OC(CC[C@@H]3O[C@H]6[C@H]5O4)CC(=O)C[C@@H]3[C@@H](C)[C@@H](C[C@H](O)CN)O[C@H]3CC3O[C@H](CCC1O2)C[C@@H](C)C3=C. The van der Waals surface area contributed by atoms with Crippen molar-refractivity contribution >= 4 is 5.78 Å². The van der Waals surface area contributed by atoms with Crippen LogP contribution in [0.3, 0.4) is 0 Å². The third-order valence-electron chi connectivity index (χ3n) is 14.2. The topological polar surface area (TPSA) is 137 Å². The van der Waals surface area contributed by atoms with E-state index in [1.165, 1.54) is 0 Å². The van der Waals surface area contributed by atoms with Gasteiger partial charge in [-0.3, -0.25) is 4.79 Å². The van der Waals surface area contributed by atoms with Crippen LogP contribution in [0.2, 0.25) is 0 Å². The van der Waals surface area contributed by atoms with Crippen molar-refractivity contribution in [3.63, 3.8) is 0 Å². The molecule has 11 nitrogen and oxygen atoms in total. The van der Waals surface area contributed by atoms with Crippen LogP contribution in [-0.2, 0) is 42.7 Å². The predicted octanol–water partition coefficient (Wildman–Crippen LogP) is 4.06. The van der Waals surface area contributed by atoms with E-state index in [0.29, 0.717) is 44.4 Å². The monoisotopic (exact) mass is 713 g/mol. The molecule has 0 aromatic rings. The van der Waals surface area contributed by atoms with Crippen molar-refractivity contribution < 1.29 is 47.8 Å². The molecular weight excluding hydrogens is 654 g/mol. The zero-order valence-corrected chi connectivity index (χ0v) is 30.4. The van der Waals surface area contributed by atoms with Gasteiger partial charge in [0.05, 0.1) is 61.0 Å². The molecule has 3 N–H and O–H groups in total. The van der Waals surface area contributed by atoms with Crippen LogP contribution < -0.4 is 5.73 Å². The first-order valence-electron chi connectivity index (χ1n) is 20.1. The molecule has 12 bridgehead atoms. The summed E-state index contributed by atoms with van der Waals surface area (Å²) >= 11 is 0. The smallest absolute Gasteiger partial charge is 0.172 e. The number of ketones is 1. The second-order valence-corrected chi connectivity index (χ2v) is 17.6. The Hall–Kier alpha value is -1.25. The number of hydrogen-bond donors (Lipinski definition) is 2. The summed E-state index contributed by atoms with van der Waals surface area (Å²) in [6.07, 6.45) is 6.43. The number of nitrogens with two attached hydrogens (primary N) is 1. The molecule has 10 fully saturated rings. The third kappa shape index (κ3) is 6.53. The van der Waals surface area contributed by atoms with Crippen LogP contribution in [0.5, 0.6) is 0 Å². The van der Waals surface area contributed by atoms with Gasteiger partial charge in [0.25, 0.3) is 0 Å². The van der Waals surface area contributed by atoms with E-state index in [4.69, 9.17) is 43.6 Å². The van der Waals surface area contributed by atoms with Crippen molar-refractivity contribution in [1.82, 2.24) is 0 Å². The number of fused-ring (bicyclic) bond motifs is 6. The number of aliphatic hydroxyl groups is 1. The molecular formula is C40H59NO10. The normalized spacial score (nSPS) is 53.2. The fraction of sp³-hybridized carbons (Fsp3) is 0.875. The molecule has 11 heteroatoms. The van der Waals surface area contributed by atoms with Crippen molar-refractivity contribution in [3.05, 3.63) is 24.3 Å². The molecule has 0 aromatic heterocycles. The molecule has 0 radical (unpaired) electrons. The Morgan fingerprint density at radius 3 is 2.35 bits per heavy atom. The number of ether oxygens (including phenoxy) is 8. The maximum absolute atomic E-state index is 14.0. The molecule has 10 rings (SSSR count). The van der Waals surface area contributed by atoms with E-state index in [0.717, 1.165) is 56.1 Å². The number of hydrogen-bond acceptors (Lipinski definition) is 11. The van der Waals surface area contributed by atoms with Gasteiger partial charge in [-0.1, -0.05) is 27.0 Å². The number of carbonyl (C=O) groups excluding carboxylic acids is 1. The van der Waals surface area contributed by atoms with Crippen LogP contribution in [0, 0.1) is 17.8 Å². The predicted molar refractivity (Wildman–Crippen MR) is 185 cm³/mol. The van der Waals surface area contributed by atoms with Gasteiger partial charge >= 0.3 is 0 Å². The van der Waals surface area contributed by atoms with E-state index >= 15 is 0 Å². The Balaban J connectivity index is 0.986. The minimum Gasteiger partial charge on any atom is -0.392 e. The molecule has 10 heterocycles. The van der Waals surface area contributed by atoms with Gasteiger partial charge < -0.3 is 48.7 Å². The minimum atomic E-state index is -0.765. The molecule has 0 saturated carbocycles. The Morgan fingerprint density at radius 1 is 0.765 bits per heavy atom. The van der Waals surface area contributed by atoms with Crippen LogP contribution >= 0.6 is 0 Å². The molecule has 0 amide bonds. The van der Waals surface area contributed by atoms with E-state index in [9.17, 15) is 9.90 Å². The molecule has 0 aromatic carbocycles. The Morgan fingerprint density at radius 2 is 1.51 bits per heavy atom. The van der Waals surface area contributed by atoms with Crippen LogP contribution in [-0.4, -0.2) is 115 Å². The maximum atomic E-state index is 14.0. The first kappa shape index (κ1) is 35.5. The van der Waals surface area contributed by atoms with Gasteiger partial charge in [0, 0.05) is 45.1 Å². The molecule has 51 heavy (non-hydrogen) atoms. The highest BCUT2D eigenvalue weighted by Gasteiger charge is 2.68. The molecule has 19 atom stereocenters. The lowest BCUT2D eigenvalue weighted by Crippen LogP contribution is -2.61. The molecule has 10 saturated heterocycles. The van der Waals surface area contributed by atoms with Gasteiger partial charge in [-0.2, -0.15) is 0 Å². The summed E-state index contributed by atoms with van der Waals surface area (Å²) in [5.41, 5.74) is 8.06. The molecule has 284 valence electrons. The van der Waals surface area contributed by atoms with Crippen LogP contribution in [0.25, 0.3) is 0 Å². The van der Waals surface area contributed by atoms with E-state index in [1.807, 2.05) is 0 Å². The average molecular weight is 714 g/mol. The van der Waals surface area contributed by atoms with Crippen molar-refractivity contribution in [3.8, 4) is 0 Å². The standard InChI is InChI=1S/C40H59NO10/c1-19-11-25-5-7-29-20(2)12-27(44-29)9-10-40-17-34-36(50-40)37-38(49-34)39(51-40)35-30(48-37)8-6-26(46-35)13-23(42)14-28-22(4)31(15-24(43)18-41)47-33(28)16-32(45-25)21(19)3/h19,22,24-39,43H,2-3,5-18,41H2,1,4H3/t19-,22-,24+,25-,26?,27+,28-,29?,30+,31-,32?,33+,34-,35+,36+,37+,38-,39+,40+/m1/s1. The number of Topliss-reactive ketones (excluding diaryl/α,β-unsaturated/α-hetero) is 1. The summed E-state index contributed by atoms with van der Waals surface area (Å²) in [6, 6.07) is 0. The first-order valence-corrected chi connectivity index (χ1v) is 20.1. The molecule has 1 spiro atoms. The average Bonchev–Trinajstić information content (AvgIpc) is 3.77. The lowest BCUT2D eigenvalue weighted by molar-refractivity contribution is -0.292. The number of carbonyl (C=O) groups is 1. The van der Waals surface area contributed by atoms with Crippen molar-refractivity contribution in [2.24, 2.45) is 23.5 Å². The molecule has 3 unspecified atom stereocenters. The van der Waals surface area contributed by atoms with Gasteiger partial charge in [-0.05, 0) is 73.8 Å². The highest BCUT2D eigenvalue weighted by Crippen LogP contribution is 2.54. The maximum Gasteiger partial charge on any atom is 0.172 e. The highest BCUT2D eigenvalue weighted by atomic mass is 16.8. The molecule has 10 aliphatic heterocycles. The second-order valence-electron chi connectivity index (χ2n) is 17.6. The van der Waals surface area contributed by atoms with Gasteiger partial charge in [0.15, 0.2) is 5.79 Å². The van der Waals surface area contributed by atoms with E-state index in [-0.39, 0.29) is 110 Å². The largest absolute Gasteiger partial charge is 0.392 e. The summed E-state index contributed by atoms with van der Waals surface area (Å²) < 4.78 is 54.0. The van der Waals surface area contributed by atoms with Crippen LogP contribution in [0.1, 0.15) is 97.3 Å². The van der Waals surface area contributed by atoms with Crippen molar-refractivity contribution in [2.45, 2.75) is 195 Å². The van der Waals surface area contributed by atoms with Gasteiger partial charge in [0.2, 0.25) is 0 Å². The minimum absolute atomic E-state index is 0.00127. The Kier molecular flexibility index (Phi) is 9.59. The number of rotatable bonds is 3. The number of aliphatic hydroxyl groups excluding tert-OH is 1. The second kappa shape index (κ2) is 13.8. The van der Waals surface area contributed by atoms with Crippen LogP contribution in [0.15, 0.2) is 24.3 Å². The van der Waals surface area contributed by atoms with E-state index < -0.39 is 11.9 Å². The highest BCUT2D eigenvalue weighted by molar-refractivity contribution is 5.79. The summed E-state index contributed by atoms with van der Waals surface area (Å²) in [5, 5.41) is 10.5. The first-order chi connectivity index (χ1) is 24.6. The van der Waals surface area contributed by atoms with Gasteiger partial charge in [-0.15, -0.1) is 0 Å². The summed E-state index contributed by atoms with van der Waals surface area (Å²) in [4.78, 5) is 14.0. The van der Waals surface area contributed by atoms with E-state index in [2.05, 4.69) is 27.0 Å². The van der Waals surface area contributed by atoms with Crippen molar-refractivity contribution in [2.75, 3.05) is 6.54 Å². The van der Waals surface area contributed by atoms with Gasteiger partial charge in [-0.25, -0.2) is 0 Å². The fourth-order valence-electron chi connectivity index (χ4n) is 11.3. The summed E-state index contributed by atoms with van der Waals surface area (Å²) in [7, 11) is 0. The quantitative estimate of drug-likeness (QED) is 0.410. The zero-order chi connectivity index (χ0) is 35.2. The zero-order valence-electron chi connectivity index (χ0n) is 30.4. The Bertz CT molecular complexity index is 1360. The summed E-state index contributed by atoms with van der Waals surface area (Å²) in [5.74, 6) is -0.222. The van der Waals surface area contributed by atoms with Crippen LogP contribution in [0.4, 0.5) is 0 Å². The lowest BCUT2D eigenvalue weighted by atomic mass is 9.78. The molecule has 0 aliphatic carbocycles. The molecule has 10 aliphatic rings. The third-order valence-corrected chi connectivity index (χ3v) is 14.2. The summed E-state index contributed by atoms with van der Waals surface area (Å²) in [6.45, 7) is 13.5. The Labute approximate surface area is 302 Å². The fourth-order valence-corrected chi connectivity index (χ4v) is 11.3. The van der Waals surface area contributed by atoms with Crippen molar-refractivity contribution in [1.29, 1.82) is 0 Å². The van der Waals surface area contributed by atoms with E-state index in [1.54, 1.807) is 0 Å². The van der Waals surface area contributed by atoms with Gasteiger partial charge in [0.1, 0.15) is 36.3 Å². The lowest BCUT2D eigenvalue weighted by Gasteiger charge is -2.47.